The zero-order valence-electron chi connectivity index (χ0n) is 14.5. The van der Waals surface area contributed by atoms with Gasteiger partial charge in [0.05, 0.1) is 4.90 Å². The lowest BCUT2D eigenvalue weighted by molar-refractivity contribution is 0.394. The molecule has 0 amide bonds. The van der Waals surface area contributed by atoms with E-state index < -0.39 is 10.0 Å². The van der Waals surface area contributed by atoms with Crippen molar-refractivity contribution < 1.29 is 8.42 Å². The first-order valence-corrected chi connectivity index (χ1v) is 10.5. The van der Waals surface area contributed by atoms with E-state index in [9.17, 15) is 8.42 Å². The SMILES string of the molecule is CN1CC[C@@H](CNS(=O)(=O)c2ccc(CNC3CCCC3)cc2)C1. The van der Waals surface area contributed by atoms with E-state index in [1.807, 2.05) is 12.1 Å². The van der Waals surface area contributed by atoms with E-state index in [-0.39, 0.29) is 0 Å². The maximum absolute atomic E-state index is 12.4. The molecule has 1 atom stereocenters. The summed E-state index contributed by atoms with van der Waals surface area (Å²) in [5, 5.41) is 3.55. The minimum Gasteiger partial charge on any atom is -0.310 e. The van der Waals surface area contributed by atoms with Crippen LogP contribution in [-0.4, -0.2) is 46.0 Å². The van der Waals surface area contributed by atoms with Crippen LogP contribution in [0.4, 0.5) is 0 Å². The third kappa shape index (κ3) is 4.79. The first-order valence-electron chi connectivity index (χ1n) is 9.03. The lowest BCUT2D eigenvalue weighted by atomic mass is 10.1. The van der Waals surface area contributed by atoms with Crippen molar-refractivity contribution in [1.82, 2.24) is 14.9 Å². The highest BCUT2D eigenvalue weighted by atomic mass is 32.2. The van der Waals surface area contributed by atoms with Crippen molar-refractivity contribution in [2.45, 2.75) is 49.6 Å². The lowest BCUT2D eigenvalue weighted by Gasteiger charge is -2.13. The molecule has 1 heterocycles. The molecular weight excluding hydrogens is 322 g/mol. The van der Waals surface area contributed by atoms with Gasteiger partial charge >= 0.3 is 0 Å². The topological polar surface area (TPSA) is 61.4 Å². The number of benzene rings is 1. The average molecular weight is 352 g/mol. The Morgan fingerprint density at radius 2 is 1.83 bits per heavy atom. The molecule has 1 aromatic rings. The Labute approximate surface area is 145 Å². The smallest absolute Gasteiger partial charge is 0.240 e. The van der Waals surface area contributed by atoms with Crippen LogP contribution < -0.4 is 10.0 Å². The number of hydrogen-bond acceptors (Lipinski definition) is 4. The molecule has 1 aliphatic carbocycles. The highest BCUT2D eigenvalue weighted by Crippen LogP contribution is 2.19. The average Bonchev–Trinajstić information content (AvgIpc) is 3.23. The van der Waals surface area contributed by atoms with Crippen LogP contribution in [-0.2, 0) is 16.6 Å². The Bertz CT molecular complexity index is 624. The highest BCUT2D eigenvalue weighted by molar-refractivity contribution is 7.89. The maximum atomic E-state index is 12.4. The Morgan fingerprint density at radius 3 is 2.46 bits per heavy atom. The predicted octanol–water partition coefficient (Wildman–Crippen LogP) is 1.95. The van der Waals surface area contributed by atoms with Crippen LogP contribution in [0.25, 0.3) is 0 Å². The Kier molecular flexibility index (Phi) is 5.92. The van der Waals surface area contributed by atoms with E-state index in [0.717, 1.165) is 31.6 Å². The van der Waals surface area contributed by atoms with Crippen LogP contribution in [0, 0.1) is 5.92 Å². The molecule has 134 valence electrons. The van der Waals surface area contributed by atoms with Gasteiger partial charge in [0.1, 0.15) is 0 Å². The minimum atomic E-state index is -3.40. The largest absolute Gasteiger partial charge is 0.310 e. The molecule has 0 bridgehead atoms. The fourth-order valence-corrected chi connectivity index (χ4v) is 4.80. The number of likely N-dealkylation sites (tertiary alicyclic amines) is 1. The van der Waals surface area contributed by atoms with E-state index in [2.05, 4.69) is 22.0 Å². The normalized spacial score (nSPS) is 23.1. The van der Waals surface area contributed by atoms with Crippen LogP contribution in [0.3, 0.4) is 0 Å². The lowest BCUT2D eigenvalue weighted by Crippen LogP contribution is -2.30. The number of nitrogens with zero attached hydrogens (tertiary/aromatic N) is 1. The van der Waals surface area contributed by atoms with Crippen molar-refractivity contribution in [3.63, 3.8) is 0 Å². The summed E-state index contributed by atoms with van der Waals surface area (Å²) in [6, 6.07) is 7.89. The molecule has 5 nitrogen and oxygen atoms in total. The molecule has 6 heteroatoms. The summed E-state index contributed by atoms with van der Waals surface area (Å²) in [6.45, 7) is 3.36. The minimum absolute atomic E-state index is 0.360. The molecule has 2 aliphatic rings. The van der Waals surface area contributed by atoms with Crippen LogP contribution in [0.1, 0.15) is 37.7 Å². The van der Waals surface area contributed by atoms with Crippen molar-refractivity contribution in [2.75, 3.05) is 26.7 Å². The molecule has 2 N–H and O–H groups in total. The quantitative estimate of drug-likeness (QED) is 0.788. The van der Waals surface area contributed by atoms with Crippen LogP contribution in [0.15, 0.2) is 29.2 Å². The standard InChI is InChI=1S/C18H29N3O2S/c1-21-11-10-16(14-21)13-20-24(22,23)18-8-6-15(7-9-18)12-19-17-4-2-3-5-17/h6-9,16-17,19-20H,2-5,10-14H2,1H3/t16-/m0/s1. The zero-order chi connectivity index (χ0) is 17.0. The molecule has 0 unspecified atom stereocenters. The van der Waals surface area contributed by atoms with Gasteiger partial charge in [0.25, 0.3) is 0 Å². The monoisotopic (exact) mass is 351 g/mol. The van der Waals surface area contributed by atoms with Gasteiger partial charge in [-0.15, -0.1) is 0 Å². The summed E-state index contributed by atoms with van der Waals surface area (Å²) in [5.74, 6) is 0.416. The van der Waals surface area contributed by atoms with E-state index in [1.165, 1.54) is 25.7 Å². The second kappa shape index (κ2) is 7.95. The van der Waals surface area contributed by atoms with Gasteiger partial charge in [-0.2, -0.15) is 0 Å². The van der Waals surface area contributed by atoms with Gasteiger partial charge in [-0.3, -0.25) is 0 Å². The van der Waals surface area contributed by atoms with Crippen molar-refractivity contribution in [2.24, 2.45) is 5.92 Å². The molecule has 1 aromatic carbocycles. The van der Waals surface area contributed by atoms with E-state index in [4.69, 9.17) is 0 Å². The highest BCUT2D eigenvalue weighted by Gasteiger charge is 2.22. The van der Waals surface area contributed by atoms with Crippen LogP contribution >= 0.6 is 0 Å². The van der Waals surface area contributed by atoms with E-state index in [0.29, 0.717) is 23.4 Å². The molecule has 1 saturated carbocycles. The molecule has 0 aromatic heterocycles. The van der Waals surface area contributed by atoms with Crippen molar-refractivity contribution in [3.8, 4) is 0 Å². The summed E-state index contributed by atoms with van der Waals surface area (Å²) < 4.78 is 27.6. The Morgan fingerprint density at radius 1 is 1.12 bits per heavy atom. The summed E-state index contributed by atoms with van der Waals surface area (Å²) in [6.07, 6.45) is 6.21. The number of sulfonamides is 1. The summed E-state index contributed by atoms with van der Waals surface area (Å²) in [4.78, 5) is 2.60. The Balaban J connectivity index is 1.51. The van der Waals surface area contributed by atoms with Crippen LogP contribution in [0.5, 0.6) is 0 Å². The number of hydrogen-bond donors (Lipinski definition) is 2. The molecular formula is C18H29N3O2S. The van der Waals surface area contributed by atoms with Gasteiger partial charge in [-0.1, -0.05) is 25.0 Å². The zero-order valence-corrected chi connectivity index (χ0v) is 15.3. The fourth-order valence-electron chi connectivity index (χ4n) is 3.68. The van der Waals surface area contributed by atoms with Gasteiger partial charge in [0, 0.05) is 25.7 Å². The van der Waals surface area contributed by atoms with Crippen molar-refractivity contribution >= 4 is 10.0 Å². The molecule has 3 rings (SSSR count). The second-order valence-corrected chi connectivity index (χ2v) is 9.04. The van der Waals surface area contributed by atoms with Crippen molar-refractivity contribution in [1.29, 1.82) is 0 Å². The summed E-state index contributed by atoms with van der Waals surface area (Å²) in [7, 11) is -1.33. The molecule has 1 saturated heterocycles. The fraction of sp³-hybridized carbons (Fsp3) is 0.667. The molecule has 24 heavy (non-hydrogen) atoms. The van der Waals surface area contributed by atoms with Gasteiger partial charge in [-0.05, 0) is 56.5 Å². The predicted molar refractivity (Wildman–Crippen MR) is 96.3 cm³/mol. The Hall–Kier alpha value is -0.950. The first kappa shape index (κ1) is 17.9. The number of nitrogens with one attached hydrogen (secondary N) is 2. The third-order valence-electron chi connectivity index (χ3n) is 5.23. The second-order valence-electron chi connectivity index (χ2n) is 7.28. The van der Waals surface area contributed by atoms with Gasteiger partial charge in [0.15, 0.2) is 0 Å². The van der Waals surface area contributed by atoms with E-state index >= 15 is 0 Å². The van der Waals surface area contributed by atoms with Gasteiger partial charge < -0.3 is 10.2 Å². The molecule has 2 fully saturated rings. The number of rotatable bonds is 7. The van der Waals surface area contributed by atoms with E-state index in [1.54, 1.807) is 12.1 Å². The van der Waals surface area contributed by atoms with Crippen LogP contribution in [0.2, 0.25) is 0 Å². The molecule has 0 spiro atoms. The summed E-state index contributed by atoms with van der Waals surface area (Å²) in [5.41, 5.74) is 1.14. The first-order chi connectivity index (χ1) is 11.5. The molecule has 0 radical (unpaired) electrons. The third-order valence-corrected chi connectivity index (χ3v) is 6.67. The van der Waals surface area contributed by atoms with Gasteiger partial charge in [0.2, 0.25) is 10.0 Å². The van der Waals surface area contributed by atoms with Crippen molar-refractivity contribution in [3.05, 3.63) is 29.8 Å². The molecule has 1 aliphatic heterocycles. The maximum Gasteiger partial charge on any atom is 0.240 e. The summed E-state index contributed by atoms with van der Waals surface area (Å²) >= 11 is 0. The van der Waals surface area contributed by atoms with Gasteiger partial charge in [-0.25, -0.2) is 13.1 Å².